The molecule has 1 heterocycles. The number of aliphatic hydroxyl groups is 1. The minimum atomic E-state index is -4.41. The quantitative estimate of drug-likeness (QED) is 0.739. The van der Waals surface area contributed by atoms with Crippen LogP contribution in [0.4, 0.5) is 13.2 Å². The van der Waals surface area contributed by atoms with Crippen molar-refractivity contribution in [1.82, 2.24) is 9.71 Å². The van der Waals surface area contributed by atoms with Gasteiger partial charge in [0, 0.05) is 18.4 Å². The number of aliphatic hydroxyl groups excluding tert-OH is 1. The van der Waals surface area contributed by atoms with Gasteiger partial charge in [-0.1, -0.05) is 0 Å². The monoisotopic (exact) mass is 272 g/mol. The minimum Gasteiger partial charge on any atom is -0.390 e. The summed E-state index contributed by atoms with van der Waals surface area (Å²) in [5, 5.41) is 8.70. The third-order valence-electron chi connectivity index (χ3n) is 1.90. The van der Waals surface area contributed by atoms with Crippen LogP contribution in [-0.4, -0.2) is 31.2 Å². The molecule has 0 unspecified atom stereocenters. The number of hydrogen-bond acceptors (Lipinski definition) is 3. The fourth-order valence-corrected chi connectivity index (χ4v) is 2.12. The van der Waals surface area contributed by atoms with E-state index in [4.69, 9.17) is 5.11 Å². The van der Waals surface area contributed by atoms with E-state index in [2.05, 4.69) is 4.98 Å². The lowest BCUT2D eigenvalue weighted by molar-refractivity contribution is -0.132. The van der Waals surface area contributed by atoms with E-state index in [0.29, 0.717) is 0 Å². The number of hydrogen-bond donors (Lipinski definition) is 3. The van der Waals surface area contributed by atoms with E-state index in [1.54, 1.807) is 0 Å². The van der Waals surface area contributed by atoms with Crippen LogP contribution < -0.4 is 4.72 Å². The van der Waals surface area contributed by atoms with Crippen molar-refractivity contribution in [3.63, 3.8) is 0 Å². The molecule has 1 aromatic rings. The Bertz CT molecular complexity index is 467. The van der Waals surface area contributed by atoms with Gasteiger partial charge in [-0.05, 0) is 6.07 Å². The fourth-order valence-electron chi connectivity index (χ4n) is 1.08. The normalized spacial score (nSPS) is 12.9. The summed E-state index contributed by atoms with van der Waals surface area (Å²) in [5.74, 6) is 0. The van der Waals surface area contributed by atoms with E-state index in [9.17, 15) is 21.6 Å². The van der Waals surface area contributed by atoms with Crippen LogP contribution >= 0.6 is 0 Å². The Hall–Kier alpha value is -1.06. The highest BCUT2D eigenvalue weighted by atomic mass is 32.2. The van der Waals surface area contributed by atoms with Gasteiger partial charge in [-0.2, -0.15) is 13.2 Å². The Kier molecular flexibility index (Phi) is 4.17. The molecule has 1 rings (SSSR count). The van der Waals surface area contributed by atoms with Crippen LogP contribution in [0.2, 0.25) is 0 Å². The molecule has 0 bridgehead atoms. The third kappa shape index (κ3) is 4.36. The van der Waals surface area contributed by atoms with Crippen molar-refractivity contribution in [3.8, 4) is 0 Å². The molecule has 0 aromatic carbocycles. The summed E-state index contributed by atoms with van der Waals surface area (Å²) in [4.78, 5) is 2.27. The van der Waals surface area contributed by atoms with Gasteiger partial charge >= 0.3 is 6.18 Å². The Morgan fingerprint density at radius 2 is 2.06 bits per heavy atom. The predicted octanol–water partition coefficient (Wildman–Crippen LogP) is 0.738. The van der Waals surface area contributed by atoms with E-state index < -0.39 is 29.2 Å². The highest BCUT2D eigenvalue weighted by molar-refractivity contribution is 7.89. The van der Waals surface area contributed by atoms with Crippen LogP contribution in [0.5, 0.6) is 0 Å². The molecular weight excluding hydrogens is 261 g/mol. The molecule has 9 heteroatoms. The van der Waals surface area contributed by atoms with Crippen molar-refractivity contribution in [3.05, 3.63) is 18.0 Å². The zero-order valence-corrected chi connectivity index (χ0v) is 9.40. The molecule has 0 aliphatic rings. The van der Waals surface area contributed by atoms with E-state index >= 15 is 0 Å². The maximum atomic E-state index is 11.8. The van der Waals surface area contributed by atoms with Gasteiger partial charge in [-0.15, -0.1) is 0 Å². The molecule has 0 spiro atoms. The molecule has 0 saturated carbocycles. The van der Waals surface area contributed by atoms with Gasteiger partial charge in [0.25, 0.3) is 0 Å². The lowest BCUT2D eigenvalue weighted by Crippen LogP contribution is -2.27. The van der Waals surface area contributed by atoms with Crippen molar-refractivity contribution in [1.29, 1.82) is 0 Å². The molecule has 3 N–H and O–H groups in total. The van der Waals surface area contributed by atoms with Crippen LogP contribution in [0.1, 0.15) is 12.1 Å². The average molecular weight is 272 g/mol. The summed E-state index contributed by atoms with van der Waals surface area (Å²) in [7, 11) is -3.96. The second-order valence-corrected chi connectivity index (χ2v) is 5.05. The topological polar surface area (TPSA) is 82.2 Å². The molecule has 1 aromatic heterocycles. The fraction of sp³-hybridized carbons (Fsp3) is 0.500. The molecule has 0 atom stereocenters. The number of rotatable bonds is 5. The first kappa shape index (κ1) is 14.0. The Morgan fingerprint density at radius 3 is 2.53 bits per heavy atom. The van der Waals surface area contributed by atoms with Crippen LogP contribution in [0.25, 0.3) is 0 Å². The first-order valence-electron chi connectivity index (χ1n) is 4.59. The Morgan fingerprint density at radius 1 is 1.41 bits per heavy atom. The van der Waals surface area contributed by atoms with Gasteiger partial charge in [0.2, 0.25) is 10.0 Å². The maximum absolute atomic E-state index is 11.8. The second kappa shape index (κ2) is 5.07. The highest BCUT2D eigenvalue weighted by Crippen LogP contribution is 2.19. The molecule has 0 fully saturated rings. The predicted molar refractivity (Wildman–Crippen MR) is 52.6 cm³/mol. The van der Waals surface area contributed by atoms with Crippen molar-refractivity contribution in [2.45, 2.75) is 24.1 Å². The van der Waals surface area contributed by atoms with Crippen LogP contribution in [-0.2, 0) is 16.6 Å². The van der Waals surface area contributed by atoms with Gasteiger partial charge < -0.3 is 10.1 Å². The number of halogens is 3. The summed E-state index contributed by atoms with van der Waals surface area (Å²) < 4.78 is 60.2. The molecular formula is C8H11F3N2O3S. The first-order chi connectivity index (χ1) is 7.74. The highest BCUT2D eigenvalue weighted by Gasteiger charge is 2.27. The molecule has 5 nitrogen and oxygen atoms in total. The van der Waals surface area contributed by atoms with Crippen molar-refractivity contribution >= 4 is 10.0 Å². The molecule has 0 saturated heterocycles. The van der Waals surface area contributed by atoms with Crippen LogP contribution in [0.15, 0.2) is 17.2 Å². The number of aromatic nitrogens is 1. The van der Waals surface area contributed by atoms with Gasteiger partial charge in [-0.25, -0.2) is 13.1 Å². The largest absolute Gasteiger partial charge is 0.390 e. The Labute approximate surface area is 95.7 Å². The molecule has 0 amide bonds. The van der Waals surface area contributed by atoms with E-state index in [1.807, 2.05) is 4.72 Å². The minimum absolute atomic E-state index is 0.205. The summed E-state index contributed by atoms with van der Waals surface area (Å²) in [5.41, 5.74) is 0.265. The number of nitrogens with one attached hydrogen (secondary N) is 2. The Balaban J connectivity index is 2.63. The SMILES string of the molecule is O=S(=O)(NCCC(F)(F)F)c1c[nH]c(CO)c1. The van der Waals surface area contributed by atoms with E-state index in [0.717, 1.165) is 12.3 Å². The number of sulfonamides is 1. The van der Waals surface area contributed by atoms with Gasteiger partial charge in [0.15, 0.2) is 0 Å². The van der Waals surface area contributed by atoms with E-state index in [1.165, 1.54) is 0 Å². The smallest absolute Gasteiger partial charge is 0.390 e. The average Bonchev–Trinajstić information content (AvgIpc) is 2.63. The van der Waals surface area contributed by atoms with Gasteiger partial charge in [0.1, 0.15) is 0 Å². The standard InChI is InChI=1S/C8H11F3N2O3S/c9-8(10,11)1-2-13-17(15,16)7-3-6(5-14)12-4-7/h3-4,12-14H,1-2,5H2. The first-order valence-corrected chi connectivity index (χ1v) is 6.07. The van der Waals surface area contributed by atoms with Crippen molar-refractivity contribution < 1.29 is 26.7 Å². The molecule has 98 valence electrons. The van der Waals surface area contributed by atoms with E-state index in [-0.39, 0.29) is 17.2 Å². The second-order valence-electron chi connectivity index (χ2n) is 3.28. The maximum Gasteiger partial charge on any atom is 0.390 e. The number of alkyl halides is 3. The summed E-state index contributed by atoms with van der Waals surface area (Å²) in [6.45, 7) is -1.09. The van der Waals surface area contributed by atoms with Crippen molar-refractivity contribution in [2.24, 2.45) is 0 Å². The summed E-state index contributed by atoms with van der Waals surface area (Å²) in [6.07, 6.45) is -4.54. The third-order valence-corrected chi connectivity index (χ3v) is 3.34. The molecule has 17 heavy (non-hydrogen) atoms. The van der Waals surface area contributed by atoms with Crippen molar-refractivity contribution in [2.75, 3.05) is 6.54 Å². The van der Waals surface area contributed by atoms with Gasteiger partial charge in [-0.3, -0.25) is 0 Å². The number of aromatic amines is 1. The zero-order chi connectivity index (χ0) is 13.1. The lowest BCUT2D eigenvalue weighted by Gasteiger charge is -2.07. The molecule has 0 aliphatic carbocycles. The van der Waals surface area contributed by atoms with Crippen LogP contribution in [0.3, 0.4) is 0 Å². The summed E-state index contributed by atoms with van der Waals surface area (Å²) in [6, 6.07) is 1.15. The molecule has 0 radical (unpaired) electrons. The zero-order valence-electron chi connectivity index (χ0n) is 8.58. The summed E-state index contributed by atoms with van der Waals surface area (Å²) >= 11 is 0. The van der Waals surface area contributed by atoms with Gasteiger partial charge in [0.05, 0.1) is 17.9 Å². The van der Waals surface area contributed by atoms with Crippen LogP contribution in [0, 0.1) is 0 Å². The number of H-pyrrole nitrogens is 1. The molecule has 0 aliphatic heterocycles. The lowest BCUT2D eigenvalue weighted by atomic mass is 10.4.